The Morgan fingerprint density at radius 1 is 1.00 bits per heavy atom. The molecule has 0 radical (unpaired) electrons. The molecule has 5 aliphatic carbocycles. The molecule has 6 aliphatic rings. The molecule has 11 nitrogen and oxygen atoms in total. The zero-order valence-electron chi connectivity index (χ0n) is 25.9. The number of fused-ring (bicyclic) bond motifs is 2. The molecule has 7 bridgehead atoms. The van der Waals surface area contributed by atoms with Crippen molar-refractivity contribution in [3.05, 3.63) is 35.9 Å². The maximum Gasteiger partial charge on any atom is 0.338 e. The molecular formula is C32H46BrNO10. The number of hydrogen-bond acceptors (Lipinski definition) is 11. The highest BCUT2D eigenvalue weighted by molar-refractivity contribution is 8.93. The second-order valence-electron chi connectivity index (χ2n) is 13.9. The number of aliphatic hydroxyl groups is 4. The summed E-state index contributed by atoms with van der Waals surface area (Å²) in [5, 5.41) is 49.7. The van der Waals surface area contributed by atoms with Crippen LogP contribution in [0.2, 0.25) is 0 Å². The van der Waals surface area contributed by atoms with Gasteiger partial charge in [-0.15, -0.1) is 17.0 Å². The van der Waals surface area contributed by atoms with Crippen molar-refractivity contribution in [3.63, 3.8) is 0 Å². The predicted octanol–water partition coefficient (Wildman–Crippen LogP) is 0.655. The highest BCUT2D eigenvalue weighted by Crippen LogP contribution is 2.80. The minimum Gasteiger partial charge on any atom is -0.455 e. The maximum absolute atomic E-state index is 13.6. The first-order valence-corrected chi connectivity index (χ1v) is 15.5. The molecule has 0 aromatic heterocycles. The van der Waals surface area contributed by atoms with Gasteiger partial charge in [0, 0.05) is 76.0 Å². The summed E-state index contributed by atoms with van der Waals surface area (Å²) in [6, 6.07) is 8.25. The number of likely N-dealkylation sites (tertiary alicyclic amines) is 1. The molecule has 15 atom stereocenters. The van der Waals surface area contributed by atoms with E-state index in [9.17, 15) is 25.2 Å². The van der Waals surface area contributed by atoms with E-state index >= 15 is 0 Å². The molecule has 1 heterocycles. The first kappa shape index (κ1) is 32.7. The van der Waals surface area contributed by atoms with Crippen LogP contribution in [0.1, 0.15) is 30.1 Å². The monoisotopic (exact) mass is 683 g/mol. The van der Waals surface area contributed by atoms with Crippen molar-refractivity contribution in [3.8, 4) is 0 Å². The van der Waals surface area contributed by atoms with Gasteiger partial charge in [-0.25, -0.2) is 4.79 Å². The van der Waals surface area contributed by atoms with E-state index in [2.05, 4.69) is 11.8 Å². The molecule has 8 unspecified atom stereocenters. The maximum atomic E-state index is 13.6. The third-order valence-electron chi connectivity index (χ3n) is 12.9. The van der Waals surface area contributed by atoms with Gasteiger partial charge in [0.05, 0.1) is 30.5 Å². The highest BCUT2D eigenvalue weighted by Gasteiger charge is 2.91. The van der Waals surface area contributed by atoms with Gasteiger partial charge in [0.25, 0.3) is 0 Å². The smallest absolute Gasteiger partial charge is 0.338 e. The van der Waals surface area contributed by atoms with Crippen LogP contribution >= 0.6 is 17.0 Å². The Bertz CT molecular complexity index is 1260. The molecule has 44 heavy (non-hydrogen) atoms. The number of nitrogens with zero attached hydrogens (tertiary/aromatic N) is 1. The summed E-state index contributed by atoms with van der Waals surface area (Å²) < 4.78 is 30.5. The molecule has 246 valence electrons. The summed E-state index contributed by atoms with van der Waals surface area (Å²) in [6.07, 6.45) is -5.27. The number of esters is 1. The number of aliphatic hydroxyl groups excluding tert-OH is 2. The van der Waals surface area contributed by atoms with Gasteiger partial charge in [0.15, 0.2) is 0 Å². The Kier molecular flexibility index (Phi) is 8.13. The fraction of sp³-hybridized carbons (Fsp3) is 0.781. The van der Waals surface area contributed by atoms with E-state index in [1.807, 2.05) is 0 Å². The van der Waals surface area contributed by atoms with E-state index in [0.717, 1.165) is 0 Å². The van der Waals surface area contributed by atoms with Crippen molar-refractivity contribution >= 4 is 23.0 Å². The van der Waals surface area contributed by atoms with Crippen LogP contribution in [0, 0.1) is 34.5 Å². The van der Waals surface area contributed by atoms with Crippen LogP contribution in [-0.4, -0.2) is 133 Å². The normalized spacial score (nSPS) is 51.5. The SMILES string of the molecule is Br.CCN1CC2(COC)C(O)CC(OC)C34[C@@H]5C[C@]6(O)C(OC(=O)c7ccccc7)[C@@H]5[C@@](O)(C(C(OC)[C@H]23)[C@@H]14)C(O)[C@@H]6OC. The molecule has 4 N–H and O–H groups in total. The number of rotatable bonds is 8. The fourth-order valence-corrected chi connectivity index (χ4v) is 11.9. The van der Waals surface area contributed by atoms with Crippen molar-refractivity contribution in [2.45, 2.75) is 73.6 Å². The predicted molar refractivity (Wildman–Crippen MR) is 161 cm³/mol. The molecule has 1 aromatic carbocycles. The van der Waals surface area contributed by atoms with Crippen molar-refractivity contribution in [1.29, 1.82) is 0 Å². The number of benzene rings is 1. The van der Waals surface area contributed by atoms with Crippen LogP contribution in [0.4, 0.5) is 0 Å². The van der Waals surface area contributed by atoms with Gasteiger partial charge in [-0.2, -0.15) is 0 Å². The van der Waals surface area contributed by atoms with Gasteiger partial charge in [0.2, 0.25) is 0 Å². The standard InChI is InChI=1S/C32H45NO10.BrH/c1-6-33-14-29(15-39-2)18(34)12-19(40-3)31-17-13-30(37)26(43-28(36)16-10-8-7-9-11-16)20(17)32(38,25(35)27(30)42-5)21(24(31)33)22(41-4)23(29)31;/h7-11,17-27,34-35,37-38H,6,12-15H2,1-5H3;1H/t17-,18?,19?,20-,21?,22?,23-,24-,25?,26?,27+,29?,30+,31?,32-;/m1./s1. The lowest BCUT2D eigenvalue weighted by Gasteiger charge is -2.70. The Morgan fingerprint density at radius 3 is 2.30 bits per heavy atom. The number of hydrogen-bond donors (Lipinski definition) is 4. The Balaban J connectivity index is 0.00000343. The molecule has 7 rings (SSSR count). The van der Waals surface area contributed by atoms with E-state index in [4.69, 9.17) is 23.7 Å². The van der Waals surface area contributed by atoms with Crippen molar-refractivity contribution in [1.82, 2.24) is 4.90 Å². The number of carbonyl (C=O) groups is 1. The summed E-state index contributed by atoms with van der Waals surface area (Å²) in [5.41, 5.74) is -4.81. The topological polar surface area (TPSA) is 147 Å². The molecule has 1 aromatic rings. The molecule has 1 saturated heterocycles. The van der Waals surface area contributed by atoms with E-state index in [1.54, 1.807) is 51.7 Å². The van der Waals surface area contributed by atoms with Gasteiger partial charge >= 0.3 is 5.97 Å². The van der Waals surface area contributed by atoms with E-state index in [1.165, 1.54) is 7.11 Å². The van der Waals surface area contributed by atoms with E-state index in [0.29, 0.717) is 25.1 Å². The summed E-state index contributed by atoms with van der Waals surface area (Å²) in [5.74, 6) is -2.94. The molecule has 5 saturated carbocycles. The number of ether oxygens (including phenoxy) is 5. The molecule has 12 heteroatoms. The van der Waals surface area contributed by atoms with E-state index in [-0.39, 0.29) is 42.0 Å². The van der Waals surface area contributed by atoms with Crippen molar-refractivity contribution in [2.24, 2.45) is 34.5 Å². The van der Waals surface area contributed by atoms with Crippen LogP contribution < -0.4 is 0 Å². The Labute approximate surface area is 268 Å². The largest absolute Gasteiger partial charge is 0.455 e. The third kappa shape index (κ3) is 3.56. The van der Waals surface area contributed by atoms with Crippen LogP contribution in [0.25, 0.3) is 0 Å². The zero-order chi connectivity index (χ0) is 30.7. The second-order valence-corrected chi connectivity index (χ2v) is 13.9. The summed E-state index contributed by atoms with van der Waals surface area (Å²) >= 11 is 0. The first-order chi connectivity index (χ1) is 20.6. The first-order valence-electron chi connectivity index (χ1n) is 15.5. The average Bonchev–Trinajstić information content (AvgIpc) is 3.39. The number of piperidine rings is 1. The quantitative estimate of drug-likeness (QED) is 0.287. The summed E-state index contributed by atoms with van der Waals surface area (Å²) in [7, 11) is 6.29. The van der Waals surface area contributed by atoms with Crippen molar-refractivity contribution in [2.75, 3.05) is 48.1 Å². The molecule has 1 spiro atoms. The zero-order valence-corrected chi connectivity index (χ0v) is 27.6. The lowest BCUT2D eigenvalue weighted by Crippen LogP contribution is -2.81. The number of methoxy groups -OCH3 is 4. The third-order valence-corrected chi connectivity index (χ3v) is 12.9. The van der Waals surface area contributed by atoms with Gasteiger partial charge in [-0.3, -0.25) is 4.90 Å². The summed E-state index contributed by atoms with van der Waals surface area (Å²) in [4.78, 5) is 15.8. The lowest BCUT2D eigenvalue weighted by atomic mass is 9.42. The molecular weight excluding hydrogens is 638 g/mol. The van der Waals surface area contributed by atoms with Crippen LogP contribution in [0.5, 0.6) is 0 Å². The summed E-state index contributed by atoms with van der Waals surface area (Å²) in [6.45, 7) is 3.46. The molecule has 1 aliphatic heterocycles. The second kappa shape index (κ2) is 10.9. The fourth-order valence-electron chi connectivity index (χ4n) is 11.9. The van der Waals surface area contributed by atoms with Gasteiger partial charge in [-0.1, -0.05) is 25.1 Å². The molecule has 0 amide bonds. The minimum atomic E-state index is -1.86. The Hall–Kier alpha value is -1.19. The van der Waals surface area contributed by atoms with Crippen LogP contribution in [0.15, 0.2) is 30.3 Å². The highest BCUT2D eigenvalue weighted by atomic mass is 79.9. The Morgan fingerprint density at radius 2 is 1.70 bits per heavy atom. The minimum absolute atomic E-state index is 0. The lowest BCUT2D eigenvalue weighted by molar-refractivity contribution is -0.320. The van der Waals surface area contributed by atoms with E-state index < -0.39 is 82.4 Å². The van der Waals surface area contributed by atoms with Crippen LogP contribution in [0.3, 0.4) is 0 Å². The number of halogens is 1. The number of carbonyl (C=O) groups excluding carboxylic acids is 1. The molecule has 6 fully saturated rings. The van der Waals surface area contributed by atoms with Gasteiger partial charge < -0.3 is 44.1 Å². The van der Waals surface area contributed by atoms with Crippen LogP contribution in [-0.2, 0) is 23.7 Å². The average molecular weight is 685 g/mol. The van der Waals surface area contributed by atoms with Crippen molar-refractivity contribution < 1.29 is 48.9 Å². The van der Waals surface area contributed by atoms with Gasteiger partial charge in [-0.05, 0) is 31.0 Å². The van der Waals surface area contributed by atoms with Gasteiger partial charge in [0.1, 0.15) is 29.5 Å².